The summed E-state index contributed by atoms with van der Waals surface area (Å²) in [7, 11) is 1.45. The molecule has 0 aromatic heterocycles. The van der Waals surface area contributed by atoms with Crippen molar-refractivity contribution in [2.24, 2.45) is 0 Å². The predicted octanol–water partition coefficient (Wildman–Crippen LogP) is -0.512. The molecule has 0 radical (unpaired) electrons. The van der Waals surface area contributed by atoms with Gasteiger partial charge in [0, 0.05) is 13.5 Å². The van der Waals surface area contributed by atoms with Crippen molar-refractivity contribution in [1.29, 1.82) is 0 Å². The number of aliphatic hydroxyl groups is 3. The Morgan fingerprint density at radius 2 is 1.93 bits per heavy atom. The number of ether oxygens (including phenoxy) is 2. The van der Waals surface area contributed by atoms with Gasteiger partial charge in [-0.3, -0.25) is 0 Å². The van der Waals surface area contributed by atoms with Crippen LogP contribution in [0.2, 0.25) is 0 Å². The minimum absolute atomic E-state index is 0.230. The third-order valence-electron chi connectivity index (χ3n) is 1.98. The fraction of sp³-hybridized carbons (Fsp3) is 1.00. The van der Waals surface area contributed by atoms with E-state index in [9.17, 15) is 10.2 Å². The number of methoxy groups -OCH3 is 1. The summed E-state index contributed by atoms with van der Waals surface area (Å²) in [4.78, 5) is 0. The largest absolute Gasteiger partial charge is 0.394 e. The maximum Gasteiger partial charge on any atom is 0.160 e. The molecule has 3 N–H and O–H groups in total. The number of hydrogen-bond donors (Lipinski definition) is 3. The van der Waals surface area contributed by atoms with Crippen LogP contribution < -0.4 is 0 Å². The highest BCUT2D eigenvalue weighted by molar-refractivity contribution is 4.81. The first kappa shape index (κ1) is 13.8. The Bertz CT molecular complexity index is 141. The summed E-state index contributed by atoms with van der Waals surface area (Å²) in [5, 5.41) is 27.3. The summed E-state index contributed by atoms with van der Waals surface area (Å²) in [5.74, 6) is 0. The topological polar surface area (TPSA) is 79.2 Å². The molecule has 1 aliphatic heterocycles. The van der Waals surface area contributed by atoms with Gasteiger partial charge in [-0.1, -0.05) is 13.8 Å². The second kappa shape index (κ2) is 7.14. The fourth-order valence-corrected chi connectivity index (χ4v) is 1.22. The van der Waals surface area contributed by atoms with Gasteiger partial charge in [-0.15, -0.1) is 0 Å². The van der Waals surface area contributed by atoms with Gasteiger partial charge in [0.15, 0.2) is 6.29 Å². The van der Waals surface area contributed by atoms with E-state index in [2.05, 4.69) is 0 Å². The van der Waals surface area contributed by atoms with E-state index in [1.54, 1.807) is 0 Å². The van der Waals surface area contributed by atoms with E-state index in [1.165, 1.54) is 7.11 Å². The average Bonchev–Trinajstić information content (AvgIpc) is 2.24. The summed E-state index contributed by atoms with van der Waals surface area (Å²) >= 11 is 0. The Kier molecular flexibility index (Phi) is 7.04. The molecular formula is C9H20O5. The number of aliphatic hydroxyl groups excluding tert-OH is 3. The highest BCUT2D eigenvalue weighted by Gasteiger charge is 2.36. The van der Waals surface area contributed by atoms with Gasteiger partial charge in [-0.25, -0.2) is 0 Å². The molecular weight excluding hydrogens is 188 g/mol. The van der Waals surface area contributed by atoms with Crippen molar-refractivity contribution >= 4 is 0 Å². The highest BCUT2D eigenvalue weighted by atomic mass is 16.7. The summed E-state index contributed by atoms with van der Waals surface area (Å²) in [5.41, 5.74) is 0. The Hall–Kier alpha value is -0.200. The maximum absolute atomic E-state index is 9.26. The second-order valence-corrected chi connectivity index (χ2v) is 2.82. The molecule has 2 unspecified atom stereocenters. The van der Waals surface area contributed by atoms with Gasteiger partial charge >= 0.3 is 0 Å². The number of hydrogen-bond acceptors (Lipinski definition) is 5. The van der Waals surface area contributed by atoms with Gasteiger partial charge < -0.3 is 24.8 Å². The Labute approximate surface area is 84.3 Å². The van der Waals surface area contributed by atoms with Crippen LogP contribution in [-0.4, -0.2) is 53.6 Å². The lowest BCUT2D eigenvalue weighted by atomic mass is 10.0. The van der Waals surface area contributed by atoms with E-state index in [0.29, 0.717) is 0 Å². The predicted molar refractivity (Wildman–Crippen MR) is 50.7 cm³/mol. The van der Waals surface area contributed by atoms with Gasteiger partial charge in [-0.2, -0.15) is 0 Å². The molecule has 86 valence electrons. The normalized spacial score (nSPS) is 37.3. The number of rotatable bonds is 2. The molecule has 1 heterocycles. The molecule has 5 nitrogen and oxygen atoms in total. The van der Waals surface area contributed by atoms with Crippen LogP contribution in [0.15, 0.2) is 0 Å². The van der Waals surface area contributed by atoms with Crippen LogP contribution in [0.1, 0.15) is 20.3 Å². The maximum atomic E-state index is 9.26. The summed E-state index contributed by atoms with van der Waals surface area (Å²) in [6.07, 6.45) is -2.98. The van der Waals surface area contributed by atoms with Gasteiger partial charge in [0.2, 0.25) is 0 Å². The first-order valence-electron chi connectivity index (χ1n) is 4.84. The minimum Gasteiger partial charge on any atom is -0.394 e. The van der Waals surface area contributed by atoms with E-state index in [0.717, 1.165) is 0 Å². The monoisotopic (exact) mass is 208 g/mol. The van der Waals surface area contributed by atoms with Crippen molar-refractivity contribution in [2.45, 2.75) is 44.9 Å². The third-order valence-corrected chi connectivity index (χ3v) is 1.98. The second-order valence-electron chi connectivity index (χ2n) is 2.82. The van der Waals surface area contributed by atoms with Crippen LogP contribution >= 0.6 is 0 Å². The summed E-state index contributed by atoms with van der Waals surface area (Å²) < 4.78 is 9.92. The smallest absolute Gasteiger partial charge is 0.160 e. The van der Waals surface area contributed by atoms with Crippen molar-refractivity contribution in [1.82, 2.24) is 0 Å². The lowest BCUT2D eigenvalue weighted by molar-refractivity contribution is -0.248. The molecule has 0 aromatic carbocycles. The molecule has 1 fully saturated rings. The van der Waals surface area contributed by atoms with E-state index >= 15 is 0 Å². The molecule has 0 amide bonds. The van der Waals surface area contributed by atoms with Crippen molar-refractivity contribution < 1.29 is 24.8 Å². The van der Waals surface area contributed by atoms with Crippen LogP contribution in [0.4, 0.5) is 0 Å². The molecule has 14 heavy (non-hydrogen) atoms. The first-order chi connectivity index (χ1) is 6.69. The lowest BCUT2D eigenvalue weighted by Crippen LogP contribution is -2.50. The standard InChI is InChI=1S/C7H14O5.C2H6/c1-11-6-2-4(9)7(10)5(3-8)12-6;1-2/h4-10H,2-3H2,1H3;1-2H3/t4?,5?,6-,7-;/m0./s1. The van der Waals surface area contributed by atoms with Gasteiger partial charge in [0.1, 0.15) is 12.2 Å². The lowest BCUT2D eigenvalue weighted by Gasteiger charge is -2.35. The molecule has 0 spiro atoms. The molecule has 0 bridgehead atoms. The third kappa shape index (κ3) is 3.51. The van der Waals surface area contributed by atoms with Crippen LogP contribution in [0.5, 0.6) is 0 Å². The average molecular weight is 208 g/mol. The summed E-state index contributed by atoms with van der Waals surface area (Å²) in [6, 6.07) is 0. The minimum atomic E-state index is -1.03. The van der Waals surface area contributed by atoms with Crippen molar-refractivity contribution in [3.63, 3.8) is 0 Å². The van der Waals surface area contributed by atoms with Crippen LogP contribution in [0, 0.1) is 0 Å². The Balaban J connectivity index is 0.000000791. The van der Waals surface area contributed by atoms with Crippen LogP contribution in [-0.2, 0) is 9.47 Å². The van der Waals surface area contributed by atoms with E-state index in [4.69, 9.17) is 14.6 Å². The summed E-state index contributed by atoms with van der Waals surface area (Å²) in [6.45, 7) is 3.68. The molecule has 1 saturated heterocycles. The Morgan fingerprint density at radius 3 is 2.36 bits per heavy atom. The molecule has 0 aromatic rings. The fourth-order valence-electron chi connectivity index (χ4n) is 1.22. The van der Waals surface area contributed by atoms with Crippen molar-refractivity contribution in [2.75, 3.05) is 13.7 Å². The highest BCUT2D eigenvalue weighted by Crippen LogP contribution is 2.20. The molecule has 1 aliphatic rings. The van der Waals surface area contributed by atoms with Crippen molar-refractivity contribution in [3.8, 4) is 0 Å². The van der Waals surface area contributed by atoms with Crippen LogP contribution in [0.3, 0.4) is 0 Å². The quantitative estimate of drug-likeness (QED) is 0.569. The zero-order valence-electron chi connectivity index (χ0n) is 8.88. The molecule has 5 heteroatoms. The van der Waals surface area contributed by atoms with E-state index < -0.39 is 24.6 Å². The first-order valence-corrected chi connectivity index (χ1v) is 4.84. The van der Waals surface area contributed by atoms with Gasteiger partial charge in [0.05, 0.1) is 12.7 Å². The van der Waals surface area contributed by atoms with E-state index in [1.807, 2.05) is 13.8 Å². The van der Waals surface area contributed by atoms with Gasteiger partial charge in [-0.05, 0) is 0 Å². The molecule has 4 atom stereocenters. The Morgan fingerprint density at radius 1 is 1.36 bits per heavy atom. The molecule has 0 saturated carbocycles. The SMILES string of the molecule is CC.CO[C@@H]1CC(O)[C@H](O)C(CO)O1. The molecule has 1 rings (SSSR count). The zero-order valence-corrected chi connectivity index (χ0v) is 8.88. The van der Waals surface area contributed by atoms with E-state index in [-0.39, 0.29) is 13.0 Å². The molecule has 0 aliphatic carbocycles. The van der Waals surface area contributed by atoms with Crippen molar-refractivity contribution in [3.05, 3.63) is 0 Å². The van der Waals surface area contributed by atoms with Gasteiger partial charge in [0.25, 0.3) is 0 Å². The zero-order chi connectivity index (χ0) is 11.1. The van der Waals surface area contributed by atoms with Crippen LogP contribution in [0.25, 0.3) is 0 Å².